The summed E-state index contributed by atoms with van der Waals surface area (Å²) >= 11 is 0. The summed E-state index contributed by atoms with van der Waals surface area (Å²) < 4.78 is 2.47. The molecule has 0 bridgehead atoms. The molecule has 1 unspecified atom stereocenters. The first-order chi connectivity index (χ1) is 18.9. The van der Waals surface area contributed by atoms with E-state index < -0.39 is 5.97 Å². The molecule has 5 nitrogen and oxygen atoms in total. The van der Waals surface area contributed by atoms with E-state index in [2.05, 4.69) is 59.4 Å². The summed E-state index contributed by atoms with van der Waals surface area (Å²) in [6.07, 6.45) is 9.00. The SMILES string of the molecule is CC1CCCN(CCN2CCn3c(c(C4CCCCC4)c4ccc(C(=O)O)cc43)-c3ccc(C(C)C)cc32)C1. The highest BCUT2D eigenvalue weighted by Crippen LogP contribution is 2.48. The number of aromatic nitrogens is 1. The van der Waals surface area contributed by atoms with Crippen LogP contribution in [0.3, 0.4) is 0 Å². The van der Waals surface area contributed by atoms with Crippen molar-refractivity contribution in [3.63, 3.8) is 0 Å². The Morgan fingerprint density at radius 2 is 1.77 bits per heavy atom. The Kier molecular flexibility index (Phi) is 7.45. The monoisotopic (exact) mass is 527 g/mol. The van der Waals surface area contributed by atoms with Gasteiger partial charge in [0.2, 0.25) is 0 Å². The third-order valence-electron chi connectivity index (χ3n) is 9.67. The zero-order valence-corrected chi connectivity index (χ0v) is 24.1. The minimum atomic E-state index is -0.848. The van der Waals surface area contributed by atoms with Crippen LogP contribution in [0.1, 0.15) is 99.0 Å². The van der Waals surface area contributed by atoms with Gasteiger partial charge in [0, 0.05) is 54.9 Å². The summed E-state index contributed by atoms with van der Waals surface area (Å²) in [6.45, 7) is 13.3. The molecule has 1 saturated carbocycles. The van der Waals surface area contributed by atoms with Gasteiger partial charge >= 0.3 is 5.97 Å². The zero-order chi connectivity index (χ0) is 27.1. The average Bonchev–Trinajstić information content (AvgIpc) is 3.17. The van der Waals surface area contributed by atoms with Crippen molar-refractivity contribution in [3.8, 4) is 11.3 Å². The predicted octanol–water partition coefficient (Wildman–Crippen LogP) is 7.73. The van der Waals surface area contributed by atoms with Gasteiger partial charge in [-0.2, -0.15) is 0 Å². The molecule has 0 amide bonds. The van der Waals surface area contributed by atoms with Crippen molar-refractivity contribution in [2.75, 3.05) is 37.6 Å². The number of fused-ring (bicyclic) bond motifs is 5. The van der Waals surface area contributed by atoms with Gasteiger partial charge in [-0.1, -0.05) is 58.2 Å². The molecule has 1 N–H and O–H groups in total. The van der Waals surface area contributed by atoms with Crippen LogP contribution in [0.15, 0.2) is 36.4 Å². The highest BCUT2D eigenvalue weighted by molar-refractivity contribution is 5.99. The first-order valence-corrected chi connectivity index (χ1v) is 15.4. The maximum Gasteiger partial charge on any atom is 0.335 e. The van der Waals surface area contributed by atoms with Crippen LogP contribution in [0.25, 0.3) is 22.2 Å². The van der Waals surface area contributed by atoms with Crippen molar-refractivity contribution < 1.29 is 9.90 Å². The Labute approximate surface area is 233 Å². The molecule has 6 rings (SSSR count). The highest BCUT2D eigenvalue weighted by Gasteiger charge is 2.31. The van der Waals surface area contributed by atoms with E-state index in [1.165, 1.54) is 91.5 Å². The number of hydrogen-bond acceptors (Lipinski definition) is 3. The normalized spacial score (nSPS) is 20.7. The fourth-order valence-corrected chi connectivity index (χ4v) is 7.53. The van der Waals surface area contributed by atoms with Gasteiger partial charge in [0.25, 0.3) is 0 Å². The van der Waals surface area contributed by atoms with Crippen molar-refractivity contribution in [1.29, 1.82) is 0 Å². The third-order valence-corrected chi connectivity index (χ3v) is 9.67. The van der Waals surface area contributed by atoms with Gasteiger partial charge in [-0.05, 0) is 79.3 Å². The summed E-state index contributed by atoms with van der Waals surface area (Å²) in [7, 11) is 0. The van der Waals surface area contributed by atoms with Crippen LogP contribution < -0.4 is 4.90 Å². The van der Waals surface area contributed by atoms with Crippen LogP contribution >= 0.6 is 0 Å². The first kappa shape index (κ1) is 26.4. The molecule has 39 heavy (non-hydrogen) atoms. The van der Waals surface area contributed by atoms with E-state index in [1.807, 2.05) is 12.1 Å². The fraction of sp³-hybridized carbons (Fsp3) is 0.559. The van der Waals surface area contributed by atoms with Gasteiger partial charge in [0.05, 0.1) is 11.3 Å². The lowest BCUT2D eigenvalue weighted by Crippen LogP contribution is -2.41. The van der Waals surface area contributed by atoms with E-state index in [-0.39, 0.29) is 0 Å². The molecule has 0 spiro atoms. The molecule has 0 radical (unpaired) electrons. The van der Waals surface area contributed by atoms with Crippen molar-refractivity contribution >= 4 is 22.6 Å². The van der Waals surface area contributed by atoms with Crippen molar-refractivity contribution in [1.82, 2.24) is 9.47 Å². The molecule has 1 saturated heterocycles. The second-order valence-electron chi connectivity index (χ2n) is 12.8. The van der Waals surface area contributed by atoms with E-state index in [4.69, 9.17) is 0 Å². The highest BCUT2D eigenvalue weighted by atomic mass is 16.4. The number of nitrogens with zero attached hydrogens (tertiary/aromatic N) is 3. The molecule has 1 aliphatic carbocycles. The van der Waals surface area contributed by atoms with E-state index in [0.717, 1.165) is 37.6 Å². The fourth-order valence-electron chi connectivity index (χ4n) is 7.53. The molecule has 1 aromatic heterocycles. The number of aromatic carboxylic acids is 1. The lowest BCUT2D eigenvalue weighted by Gasteiger charge is -2.34. The van der Waals surface area contributed by atoms with Gasteiger partial charge in [-0.15, -0.1) is 0 Å². The number of hydrogen-bond donors (Lipinski definition) is 1. The second kappa shape index (κ2) is 11.0. The summed E-state index contributed by atoms with van der Waals surface area (Å²) in [5.41, 5.74) is 8.37. The second-order valence-corrected chi connectivity index (χ2v) is 12.8. The average molecular weight is 528 g/mol. The molecular formula is C34H45N3O2. The van der Waals surface area contributed by atoms with Crippen molar-refractivity contribution in [3.05, 3.63) is 53.1 Å². The van der Waals surface area contributed by atoms with Crippen LogP contribution in [-0.2, 0) is 6.54 Å². The van der Waals surface area contributed by atoms with Crippen LogP contribution in [0, 0.1) is 5.92 Å². The number of carbonyl (C=O) groups is 1. The Morgan fingerprint density at radius 1 is 0.949 bits per heavy atom. The van der Waals surface area contributed by atoms with Crippen LogP contribution in [0.5, 0.6) is 0 Å². The number of piperidine rings is 1. The lowest BCUT2D eigenvalue weighted by atomic mass is 9.81. The number of benzene rings is 2. The van der Waals surface area contributed by atoms with Crippen LogP contribution in [0.2, 0.25) is 0 Å². The van der Waals surface area contributed by atoms with Crippen molar-refractivity contribution in [2.24, 2.45) is 5.92 Å². The number of anilines is 1. The minimum absolute atomic E-state index is 0.383. The largest absolute Gasteiger partial charge is 0.478 e. The molecule has 3 heterocycles. The van der Waals surface area contributed by atoms with Gasteiger partial charge in [0.15, 0.2) is 0 Å². The Bertz CT molecular complexity index is 1350. The Balaban J connectivity index is 1.48. The zero-order valence-electron chi connectivity index (χ0n) is 24.1. The standard InChI is InChI=1S/C34H45N3O2/c1-23(2)26-11-14-29-30(20-26)36(17-16-35-15-7-8-24(3)22-35)18-19-37-31-21-27(34(38)39)12-13-28(31)32(33(29)37)25-9-5-4-6-10-25/h11-14,20-21,23-25H,4-10,15-19,22H2,1-3H3,(H,38,39). The van der Waals surface area contributed by atoms with Crippen molar-refractivity contribution in [2.45, 2.75) is 84.1 Å². The van der Waals surface area contributed by atoms with Gasteiger partial charge in [-0.3, -0.25) is 0 Å². The van der Waals surface area contributed by atoms with Gasteiger partial charge in [-0.25, -0.2) is 4.79 Å². The van der Waals surface area contributed by atoms with Gasteiger partial charge < -0.3 is 19.5 Å². The molecule has 5 heteroatoms. The molecular weight excluding hydrogens is 482 g/mol. The van der Waals surface area contributed by atoms with E-state index in [9.17, 15) is 9.90 Å². The third kappa shape index (κ3) is 5.11. The first-order valence-electron chi connectivity index (χ1n) is 15.4. The number of carboxylic acid groups (broad SMARTS) is 1. The van der Waals surface area contributed by atoms with E-state index in [0.29, 0.717) is 17.4 Å². The Morgan fingerprint density at radius 3 is 2.51 bits per heavy atom. The number of likely N-dealkylation sites (tertiary alicyclic amines) is 1. The lowest BCUT2D eigenvalue weighted by molar-refractivity contribution is 0.0697. The van der Waals surface area contributed by atoms with E-state index in [1.54, 1.807) is 0 Å². The topological polar surface area (TPSA) is 48.7 Å². The summed E-state index contributed by atoms with van der Waals surface area (Å²) in [4.78, 5) is 17.3. The van der Waals surface area contributed by atoms with E-state index >= 15 is 0 Å². The molecule has 1 atom stereocenters. The van der Waals surface area contributed by atoms with Crippen LogP contribution in [-0.4, -0.2) is 53.3 Å². The predicted molar refractivity (Wildman–Crippen MR) is 161 cm³/mol. The quantitative estimate of drug-likeness (QED) is 0.356. The maximum atomic E-state index is 12.0. The molecule has 2 aliphatic heterocycles. The molecule has 2 fully saturated rings. The smallest absolute Gasteiger partial charge is 0.335 e. The Hall–Kier alpha value is -2.79. The summed E-state index contributed by atoms with van der Waals surface area (Å²) in [6, 6.07) is 13.0. The summed E-state index contributed by atoms with van der Waals surface area (Å²) in [5, 5.41) is 11.1. The minimum Gasteiger partial charge on any atom is -0.478 e. The molecule has 2 aromatic carbocycles. The number of carboxylic acids is 1. The molecule has 208 valence electrons. The molecule has 3 aliphatic rings. The number of rotatable bonds is 6. The van der Waals surface area contributed by atoms with Crippen LogP contribution in [0.4, 0.5) is 5.69 Å². The maximum absolute atomic E-state index is 12.0. The summed E-state index contributed by atoms with van der Waals surface area (Å²) in [5.74, 6) is 0.952. The van der Waals surface area contributed by atoms with Gasteiger partial charge in [0.1, 0.15) is 0 Å². The molecule has 3 aromatic rings.